The van der Waals surface area contributed by atoms with Crippen LogP contribution in [0.3, 0.4) is 0 Å². The van der Waals surface area contributed by atoms with E-state index in [0.717, 1.165) is 31.5 Å². The summed E-state index contributed by atoms with van der Waals surface area (Å²) >= 11 is 0. The first-order chi connectivity index (χ1) is 8.47. The number of hydrogen-bond donors (Lipinski definition) is 1. The van der Waals surface area contributed by atoms with Gasteiger partial charge in [-0.3, -0.25) is 0 Å². The number of piperidine rings is 1. The molecule has 2 nitrogen and oxygen atoms in total. The van der Waals surface area contributed by atoms with Crippen molar-refractivity contribution >= 4 is 0 Å². The molecule has 1 aromatic carbocycles. The Hall–Kier alpha value is -1.09. The number of hydrogen-bond acceptors (Lipinski definition) is 2. The molecule has 0 spiro atoms. The minimum absolute atomic E-state index is 0.0318. The lowest BCUT2D eigenvalue weighted by Crippen LogP contribution is -2.34. The van der Waals surface area contributed by atoms with E-state index in [0.29, 0.717) is 5.75 Å². The van der Waals surface area contributed by atoms with Gasteiger partial charge in [0.15, 0.2) is 0 Å². The average Bonchev–Trinajstić information content (AvgIpc) is 2.28. The summed E-state index contributed by atoms with van der Waals surface area (Å²) in [6.45, 7) is 8.32. The number of benzene rings is 1. The largest absolute Gasteiger partial charge is 0.490 e. The second-order valence-corrected chi connectivity index (χ2v) is 5.96. The SMILES string of the molecule is CC(C)(C)c1ccc(F)cc1OC1CCNCC1. The summed E-state index contributed by atoms with van der Waals surface area (Å²) in [6.07, 6.45) is 2.18. The molecule has 1 saturated heterocycles. The fourth-order valence-electron chi connectivity index (χ4n) is 2.31. The van der Waals surface area contributed by atoms with Crippen molar-refractivity contribution in [3.63, 3.8) is 0 Å². The molecule has 0 aromatic heterocycles. The van der Waals surface area contributed by atoms with Crippen LogP contribution in [0.15, 0.2) is 18.2 Å². The Morgan fingerprint density at radius 2 is 1.89 bits per heavy atom. The van der Waals surface area contributed by atoms with Crippen molar-refractivity contribution in [1.29, 1.82) is 0 Å². The van der Waals surface area contributed by atoms with E-state index >= 15 is 0 Å². The standard InChI is InChI=1S/C15H22FNO/c1-15(2,3)13-5-4-11(16)10-14(13)18-12-6-8-17-9-7-12/h4-5,10,12,17H,6-9H2,1-3H3. The molecule has 0 aliphatic carbocycles. The van der Waals surface area contributed by atoms with Gasteiger partial charge in [0.1, 0.15) is 17.7 Å². The molecule has 1 aliphatic heterocycles. The van der Waals surface area contributed by atoms with Gasteiger partial charge in [-0.05, 0) is 43.0 Å². The predicted molar refractivity (Wildman–Crippen MR) is 71.6 cm³/mol. The van der Waals surface area contributed by atoms with Gasteiger partial charge in [0.05, 0.1) is 0 Å². The summed E-state index contributed by atoms with van der Waals surface area (Å²) in [7, 11) is 0. The summed E-state index contributed by atoms with van der Waals surface area (Å²) in [5, 5.41) is 3.30. The summed E-state index contributed by atoms with van der Waals surface area (Å²) in [4.78, 5) is 0. The molecular weight excluding hydrogens is 229 g/mol. The number of halogens is 1. The van der Waals surface area contributed by atoms with Crippen LogP contribution in [0.2, 0.25) is 0 Å². The second kappa shape index (κ2) is 5.27. The van der Waals surface area contributed by atoms with Crippen molar-refractivity contribution in [2.75, 3.05) is 13.1 Å². The molecule has 0 atom stereocenters. The first-order valence-electron chi connectivity index (χ1n) is 6.64. The van der Waals surface area contributed by atoms with Crippen molar-refractivity contribution in [3.05, 3.63) is 29.6 Å². The van der Waals surface area contributed by atoms with Crippen LogP contribution in [0.4, 0.5) is 4.39 Å². The topological polar surface area (TPSA) is 21.3 Å². The first kappa shape index (κ1) is 13.3. The van der Waals surface area contributed by atoms with Crippen molar-refractivity contribution in [2.45, 2.75) is 45.1 Å². The Morgan fingerprint density at radius 1 is 1.22 bits per heavy atom. The maximum absolute atomic E-state index is 13.4. The van der Waals surface area contributed by atoms with Crippen LogP contribution in [0, 0.1) is 5.82 Å². The van der Waals surface area contributed by atoms with Crippen LogP contribution in [-0.2, 0) is 5.41 Å². The van der Waals surface area contributed by atoms with Crippen molar-refractivity contribution < 1.29 is 9.13 Å². The highest BCUT2D eigenvalue weighted by atomic mass is 19.1. The molecule has 0 bridgehead atoms. The third-order valence-corrected chi connectivity index (χ3v) is 3.33. The monoisotopic (exact) mass is 251 g/mol. The fourth-order valence-corrected chi connectivity index (χ4v) is 2.31. The molecule has 1 N–H and O–H groups in total. The van der Waals surface area contributed by atoms with Gasteiger partial charge in [-0.2, -0.15) is 0 Å². The van der Waals surface area contributed by atoms with E-state index in [-0.39, 0.29) is 17.3 Å². The second-order valence-electron chi connectivity index (χ2n) is 5.96. The zero-order valence-corrected chi connectivity index (χ0v) is 11.4. The van der Waals surface area contributed by atoms with Crippen LogP contribution in [0.1, 0.15) is 39.2 Å². The summed E-state index contributed by atoms with van der Waals surface area (Å²) < 4.78 is 19.4. The van der Waals surface area contributed by atoms with Crippen LogP contribution in [-0.4, -0.2) is 19.2 Å². The number of ether oxygens (including phenoxy) is 1. The molecular formula is C15H22FNO. The molecule has 18 heavy (non-hydrogen) atoms. The number of nitrogens with one attached hydrogen (secondary N) is 1. The molecule has 1 heterocycles. The lowest BCUT2D eigenvalue weighted by atomic mass is 9.86. The van der Waals surface area contributed by atoms with Gasteiger partial charge in [-0.15, -0.1) is 0 Å². The molecule has 0 amide bonds. The predicted octanol–water partition coefficient (Wildman–Crippen LogP) is 3.25. The summed E-state index contributed by atoms with van der Waals surface area (Å²) in [5.41, 5.74) is 1.04. The lowest BCUT2D eigenvalue weighted by Gasteiger charge is -2.28. The van der Waals surface area contributed by atoms with E-state index in [2.05, 4.69) is 26.1 Å². The van der Waals surface area contributed by atoms with Crippen molar-refractivity contribution in [1.82, 2.24) is 5.32 Å². The molecule has 1 fully saturated rings. The van der Waals surface area contributed by atoms with Gasteiger partial charge >= 0.3 is 0 Å². The van der Waals surface area contributed by atoms with Crippen LogP contribution < -0.4 is 10.1 Å². The Morgan fingerprint density at radius 3 is 2.50 bits per heavy atom. The fraction of sp³-hybridized carbons (Fsp3) is 0.600. The molecule has 0 radical (unpaired) electrons. The molecule has 1 aliphatic rings. The Bertz CT molecular complexity index is 405. The minimum Gasteiger partial charge on any atom is -0.490 e. The molecule has 0 unspecified atom stereocenters. The lowest BCUT2D eigenvalue weighted by molar-refractivity contribution is 0.158. The van der Waals surface area contributed by atoms with Crippen LogP contribution >= 0.6 is 0 Å². The average molecular weight is 251 g/mol. The first-order valence-corrected chi connectivity index (χ1v) is 6.64. The zero-order chi connectivity index (χ0) is 13.2. The third-order valence-electron chi connectivity index (χ3n) is 3.33. The summed E-state index contributed by atoms with van der Waals surface area (Å²) in [6, 6.07) is 4.87. The molecule has 0 saturated carbocycles. The van der Waals surface area contributed by atoms with Gasteiger partial charge in [0, 0.05) is 6.07 Å². The van der Waals surface area contributed by atoms with Gasteiger partial charge in [-0.1, -0.05) is 26.8 Å². The Labute approximate surface area is 109 Å². The Balaban J connectivity index is 2.21. The van der Waals surface area contributed by atoms with E-state index in [1.807, 2.05) is 6.07 Å². The zero-order valence-electron chi connectivity index (χ0n) is 11.4. The van der Waals surface area contributed by atoms with E-state index in [1.54, 1.807) is 0 Å². The molecule has 3 heteroatoms. The highest BCUT2D eigenvalue weighted by Gasteiger charge is 2.22. The maximum Gasteiger partial charge on any atom is 0.126 e. The highest BCUT2D eigenvalue weighted by Crippen LogP contribution is 2.33. The minimum atomic E-state index is -0.230. The van der Waals surface area contributed by atoms with E-state index in [1.165, 1.54) is 12.1 Å². The Kier molecular flexibility index (Phi) is 3.91. The van der Waals surface area contributed by atoms with Gasteiger partial charge in [-0.25, -0.2) is 4.39 Å². The van der Waals surface area contributed by atoms with Gasteiger partial charge < -0.3 is 10.1 Å². The normalized spacial score (nSPS) is 17.8. The number of rotatable bonds is 2. The van der Waals surface area contributed by atoms with E-state index in [9.17, 15) is 4.39 Å². The van der Waals surface area contributed by atoms with Gasteiger partial charge in [0.2, 0.25) is 0 Å². The van der Waals surface area contributed by atoms with Crippen molar-refractivity contribution in [3.8, 4) is 5.75 Å². The quantitative estimate of drug-likeness (QED) is 0.871. The van der Waals surface area contributed by atoms with Gasteiger partial charge in [0.25, 0.3) is 0 Å². The van der Waals surface area contributed by atoms with Crippen molar-refractivity contribution in [2.24, 2.45) is 0 Å². The maximum atomic E-state index is 13.4. The van der Waals surface area contributed by atoms with Crippen LogP contribution in [0.25, 0.3) is 0 Å². The molecule has 2 rings (SSSR count). The smallest absolute Gasteiger partial charge is 0.126 e. The summed E-state index contributed by atoms with van der Waals surface area (Å²) in [5.74, 6) is 0.473. The molecule has 100 valence electrons. The van der Waals surface area contributed by atoms with E-state index in [4.69, 9.17) is 4.74 Å². The van der Waals surface area contributed by atoms with Crippen LogP contribution in [0.5, 0.6) is 5.75 Å². The van der Waals surface area contributed by atoms with E-state index < -0.39 is 0 Å². The highest BCUT2D eigenvalue weighted by molar-refractivity contribution is 5.39. The molecule has 1 aromatic rings. The third kappa shape index (κ3) is 3.22.